The summed E-state index contributed by atoms with van der Waals surface area (Å²) in [5, 5.41) is 2.47. The number of aromatic nitrogens is 1. The normalized spacial score (nSPS) is 11.2. The van der Waals surface area contributed by atoms with E-state index in [9.17, 15) is 4.39 Å². The monoisotopic (exact) mass is 656 g/mol. The maximum atomic E-state index is 13.6. The standard InChI is InChI=1S/C48H33FN2/c49-40-24-15-35(16-25-40)37-19-28-43(29-20-37)50(42-26-17-36(18-27-42)34-9-3-1-4-10-34)44-30-21-38(22-31-44)39-23-32-48-46(33-39)45-13-7-8-14-47(45)51(48)41-11-5-2-6-12-41/h1-33H. The van der Waals surface area contributed by atoms with Gasteiger partial charge in [-0.05, 0) is 112 Å². The van der Waals surface area contributed by atoms with Crippen LogP contribution in [0, 0.1) is 5.82 Å². The number of benzene rings is 8. The van der Waals surface area contributed by atoms with Crippen molar-refractivity contribution in [2.45, 2.75) is 0 Å². The highest BCUT2D eigenvalue weighted by molar-refractivity contribution is 6.10. The Morgan fingerprint density at radius 3 is 1.31 bits per heavy atom. The van der Waals surface area contributed by atoms with Crippen LogP contribution in [0.4, 0.5) is 21.5 Å². The van der Waals surface area contributed by atoms with Crippen LogP contribution in [0.25, 0.3) is 60.9 Å². The van der Waals surface area contributed by atoms with Gasteiger partial charge in [-0.1, -0.05) is 121 Å². The number of halogens is 1. The number of fused-ring (bicyclic) bond motifs is 3. The molecule has 0 N–H and O–H groups in total. The predicted molar refractivity (Wildman–Crippen MR) is 212 cm³/mol. The third-order valence-electron chi connectivity index (χ3n) is 9.68. The molecule has 242 valence electrons. The first-order chi connectivity index (χ1) is 25.2. The second-order valence-corrected chi connectivity index (χ2v) is 12.8. The Hall–Kier alpha value is -6.71. The summed E-state index contributed by atoms with van der Waals surface area (Å²) in [7, 11) is 0. The fourth-order valence-electron chi connectivity index (χ4n) is 7.14. The van der Waals surface area contributed by atoms with Crippen LogP contribution >= 0.6 is 0 Å². The molecule has 0 bridgehead atoms. The van der Waals surface area contributed by atoms with E-state index in [-0.39, 0.29) is 5.82 Å². The van der Waals surface area contributed by atoms with E-state index < -0.39 is 0 Å². The molecule has 8 aromatic carbocycles. The molecule has 0 unspecified atom stereocenters. The zero-order chi connectivity index (χ0) is 34.1. The van der Waals surface area contributed by atoms with Crippen LogP contribution in [0.15, 0.2) is 200 Å². The first-order valence-electron chi connectivity index (χ1n) is 17.2. The van der Waals surface area contributed by atoms with Gasteiger partial charge in [-0.3, -0.25) is 0 Å². The molecule has 0 saturated heterocycles. The summed E-state index contributed by atoms with van der Waals surface area (Å²) in [5.74, 6) is -0.234. The van der Waals surface area contributed by atoms with Crippen molar-refractivity contribution in [3.05, 3.63) is 206 Å². The van der Waals surface area contributed by atoms with Crippen molar-refractivity contribution < 1.29 is 4.39 Å². The second-order valence-electron chi connectivity index (χ2n) is 12.8. The molecule has 0 aliphatic heterocycles. The van der Waals surface area contributed by atoms with E-state index in [0.29, 0.717) is 0 Å². The van der Waals surface area contributed by atoms with Crippen molar-refractivity contribution >= 4 is 38.9 Å². The third-order valence-corrected chi connectivity index (χ3v) is 9.68. The lowest BCUT2D eigenvalue weighted by Crippen LogP contribution is -2.09. The van der Waals surface area contributed by atoms with Gasteiger partial charge in [0, 0.05) is 33.5 Å². The number of hydrogen-bond acceptors (Lipinski definition) is 1. The summed E-state index contributed by atoms with van der Waals surface area (Å²) in [5.41, 5.74) is 13.4. The van der Waals surface area contributed by atoms with Crippen LogP contribution < -0.4 is 4.90 Å². The SMILES string of the molecule is Fc1ccc(-c2ccc(N(c3ccc(-c4ccccc4)cc3)c3ccc(-c4ccc5c(c4)c4ccccc4n5-c4ccccc4)cc3)cc2)cc1. The van der Waals surface area contributed by atoms with Gasteiger partial charge in [0.2, 0.25) is 0 Å². The molecule has 51 heavy (non-hydrogen) atoms. The average molecular weight is 657 g/mol. The molecular formula is C48H33FN2. The lowest BCUT2D eigenvalue weighted by molar-refractivity contribution is 0.628. The van der Waals surface area contributed by atoms with E-state index in [4.69, 9.17) is 0 Å². The van der Waals surface area contributed by atoms with Crippen LogP contribution in [-0.2, 0) is 0 Å². The van der Waals surface area contributed by atoms with Crippen LogP contribution in [0.5, 0.6) is 0 Å². The minimum Gasteiger partial charge on any atom is -0.311 e. The van der Waals surface area contributed by atoms with Gasteiger partial charge in [-0.2, -0.15) is 0 Å². The smallest absolute Gasteiger partial charge is 0.123 e. The molecule has 3 heteroatoms. The second kappa shape index (κ2) is 13.0. The zero-order valence-electron chi connectivity index (χ0n) is 27.8. The highest BCUT2D eigenvalue weighted by atomic mass is 19.1. The number of rotatable bonds is 7. The van der Waals surface area contributed by atoms with Gasteiger partial charge in [0.15, 0.2) is 0 Å². The Labute approximate surface area is 296 Å². The van der Waals surface area contributed by atoms with Gasteiger partial charge in [-0.15, -0.1) is 0 Å². The molecule has 1 heterocycles. The topological polar surface area (TPSA) is 8.17 Å². The van der Waals surface area contributed by atoms with Gasteiger partial charge in [-0.25, -0.2) is 4.39 Å². The number of nitrogens with zero attached hydrogens (tertiary/aromatic N) is 2. The van der Waals surface area contributed by atoms with E-state index in [1.165, 1.54) is 50.6 Å². The Kier molecular flexibility index (Phi) is 7.71. The van der Waals surface area contributed by atoms with Crippen LogP contribution in [0.1, 0.15) is 0 Å². The summed E-state index contributed by atoms with van der Waals surface area (Å²) in [6.45, 7) is 0. The molecule has 0 fully saturated rings. The molecule has 0 spiro atoms. The molecule has 0 saturated carbocycles. The maximum absolute atomic E-state index is 13.6. The molecule has 9 rings (SSSR count). The first-order valence-corrected chi connectivity index (χ1v) is 17.2. The summed E-state index contributed by atoms with van der Waals surface area (Å²) < 4.78 is 16.0. The van der Waals surface area contributed by atoms with E-state index in [2.05, 4.69) is 179 Å². The van der Waals surface area contributed by atoms with E-state index in [1.54, 1.807) is 0 Å². The first kappa shape index (κ1) is 30.4. The third kappa shape index (κ3) is 5.75. The van der Waals surface area contributed by atoms with Gasteiger partial charge >= 0.3 is 0 Å². The summed E-state index contributed by atoms with van der Waals surface area (Å²) in [6, 6.07) is 69.1. The molecule has 0 aliphatic rings. The van der Waals surface area contributed by atoms with Gasteiger partial charge in [0.25, 0.3) is 0 Å². The van der Waals surface area contributed by atoms with Crippen LogP contribution in [0.3, 0.4) is 0 Å². The van der Waals surface area contributed by atoms with Crippen LogP contribution in [0.2, 0.25) is 0 Å². The molecule has 0 aliphatic carbocycles. The van der Waals surface area contributed by atoms with Crippen molar-refractivity contribution in [3.8, 4) is 39.1 Å². The Morgan fingerprint density at radius 1 is 0.333 bits per heavy atom. The molecular weight excluding hydrogens is 624 g/mol. The van der Waals surface area contributed by atoms with Gasteiger partial charge in [0.05, 0.1) is 11.0 Å². The molecule has 9 aromatic rings. The molecule has 1 aromatic heterocycles. The molecule has 0 amide bonds. The van der Waals surface area contributed by atoms with Crippen LogP contribution in [-0.4, -0.2) is 4.57 Å². The Balaban J connectivity index is 1.10. The minimum absolute atomic E-state index is 0.234. The maximum Gasteiger partial charge on any atom is 0.123 e. The highest BCUT2D eigenvalue weighted by Gasteiger charge is 2.16. The summed E-state index contributed by atoms with van der Waals surface area (Å²) in [4.78, 5) is 2.28. The lowest BCUT2D eigenvalue weighted by atomic mass is 10.0. The fraction of sp³-hybridized carbons (Fsp3) is 0. The highest BCUT2D eigenvalue weighted by Crippen LogP contribution is 2.39. The fourth-order valence-corrected chi connectivity index (χ4v) is 7.14. The van der Waals surface area contributed by atoms with Gasteiger partial charge < -0.3 is 9.47 Å². The van der Waals surface area contributed by atoms with Crippen molar-refractivity contribution in [2.24, 2.45) is 0 Å². The molecule has 2 nitrogen and oxygen atoms in total. The van der Waals surface area contributed by atoms with Crippen molar-refractivity contribution in [3.63, 3.8) is 0 Å². The van der Waals surface area contributed by atoms with Crippen molar-refractivity contribution in [2.75, 3.05) is 4.90 Å². The van der Waals surface area contributed by atoms with Crippen molar-refractivity contribution in [1.82, 2.24) is 4.57 Å². The molecule has 0 radical (unpaired) electrons. The largest absolute Gasteiger partial charge is 0.311 e. The van der Waals surface area contributed by atoms with Crippen molar-refractivity contribution in [1.29, 1.82) is 0 Å². The zero-order valence-corrected chi connectivity index (χ0v) is 27.8. The number of hydrogen-bond donors (Lipinski definition) is 0. The average Bonchev–Trinajstić information content (AvgIpc) is 3.54. The van der Waals surface area contributed by atoms with Gasteiger partial charge in [0.1, 0.15) is 5.82 Å². The summed E-state index contributed by atoms with van der Waals surface area (Å²) >= 11 is 0. The quantitative estimate of drug-likeness (QED) is 0.166. The minimum atomic E-state index is -0.234. The lowest BCUT2D eigenvalue weighted by Gasteiger charge is -2.26. The predicted octanol–water partition coefficient (Wildman–Crippen LogP) is 13.4. The van der Waals surface area contributed by atoms with E-state index >= 15 is 0 Å². The Bertz CT molecular complexity index is 2590. The number of anilines is 3. The molecule has 0 atom stereocenters. The summed E-state index contributed by atoms with van der Waals surface area (Å²) in [6.07, 6.45) is 0. The van der Waals surface area contributed by atoms with E-state index in [1.807, 2.05) is 18.2 Å². The Morgan fingerprint density at radius 2 is 0.745 bits per heavy atom. The number of para-hydroxylation sites is 2. The van der Waals surface area contributed by atoms with E-state index in [0.717, 1.165) is 39.4 Å².